The number of hydrogen-bond acceptors (Lipinski definition) is 5. The molecule has 5 heteroatoms. The SMILES string of the molecule is CSc1cc(NC2CCN3CCCC3C2)ncn1. The predicted molar refractivity (Wildman–Crippen MR) is 75.1 cm³/mol. The second-order valence-electron chi connectivity index (χ2n) is 5.14. The van der Waals surface area contributed by atoms with E-state index < -0.39 is 0 Å². The molecule has 2 saturated heterocycles. The average Bonchev–Trinajstić information content (AvgIpc) is 2.86. The van der Waals surface area contributed by atoms with Gasteiger partial charge in [-0.1, -0.05) is 0 Å². The Labute approximate surface area is 113 Å². The third-order valence-corrected chi connectivity index (χ3v) is 4.67. The van der Waals surface area contributed by atoms with Crippen molar-refractivity contribution >= 4 is 17.6 Å². The van der Waals surface area contributed by atoms with Crippen LogP contribution in [-0.4, -0.2) is 46.3 Å². The van der Waals surface area contributed by atoms with Crippen LogP contribution < -0.4 is 5.32 Å². The monoisotopic (exact) mass is 264 g/mol. The number of anilines is 1. The largest absolute Gasteiger partial charge is 0.367 e. The Kier molecular flexibility index (Phi) is 3.70. The summed E-state index contributed by atoms with van der Waals surface area (Å²) < 4.78 is 0. The van der Waals surface area contributed by atoms with Crippen LogP contribution in [0.5, 0.6) is 0 Å². The molecule has 1 aromatic rings. The van der Waals surface area contributed by atoms with E-state index in [-0.39, 0.29) is 0 Å². The molecule has 0 aliphatic carbocycles. The van der Waals surface area contributed by atoms with Crippen molar-refractivity contribution in [2.75, 3.05) is 24.7 Å². The maximum Gasteiger partial charge on any atom is 0.130 e. The lowest BCUT2D eigenvalue weighted by atomic mass is 9.98. The number of fused-ring (bicyclic) bond motifs is 1. The highest BCUT2D eigenvalue weighted by atomic mass is 32.2. The summed E-state index contributed by atoms with van der Waals surface area (Å²) in [6.07, 6.45) is 8.94. The first-order valence-electron chi connectivity index (χ1n) is 6.72. The van der Waals surface area contributed by atoms with Crippen LogP contribution in [0.1, 0.15) is 25.7 Å². The van der Waals surface area contributed by atoms with Gasteiger partial charge in [0, 0.05) is 24.7 Å². The van der Waals surface area contributed by atoms with E-state index >= 15 is 0 Å². The van der Waals surface area contributed by atoms with Crippen molar-refractivity contribution in [2.45, 2.75) is 42.8 Å². The third kappa shape index (κ3) is 2.62. The minimum absolute atomic E-state index is 0.578. The fraction of sp³-hybridized carbons (Fsp3) is 0.692. The van der Waals surface area contributed by atoms with Gasteiger partial charge in [0.05, 0.1) is 0 Å². The molecule has 0 saturated carbocycles. The molecule has 0 bridgehead atoms. The van der Waals surface area contributed by atoms with Crippen LogP contribution in [0.4, 0.5) is 5.82 Å². The van der Waals surface area contributed by atoms with Crippen LogP contribution >= 0.6 is 11.8 Å². The van der Waals surface area contributed by atoms with E-state index in [1.165, 1.54) is 38.8 Å². The Bertz CT molecular complexity index is 412. The third-order valence-electron chi connectivity index (χ3n) is 4.02. The topological polar surface area (TPSA) is 41.0 Å². The Morgan fingerprint density at radius 2 is 2.28 bits per heavy atom. The minimum Gasteiger partial charge on any atom is -0.367 e. The number of nitrogens with zero attached hydrogens (tertiary/aromatic N) is 3. The van der Waals surface area contributed by atoms with E-state index in [0.717, 1.165) is 16.9 Å². The zero-order chi connectivity index (χ0) is 12.4. The van der Waals surface area contributed by atoms with Gasteiger partial charge in [0.25, 0.3) is 0 Å². The molecule has 98 valence electrons. The molecule has 18 heavy (non-hydrogen) atoms. The predicted octanol–water partition coefficient (Wildman–Crippen LogP) is 2.24. The molecule has 1 N–H and O–H groups in total. The molecule has 0 radical (unpaired) electrons. The lowest BCUT2D eigenvalue weighted by molar-refractivity contribution is 0.188. The summed E-state index contributed by atoms with van der Waals surface area (Å²) in [7, 11) is 0. The fourth-order valence-corrected chi connectivity index (χ4v) is 3.48. The van der Waals surface area contributed by atoms with Gasteiger partial charge in [0.1, 0.15) is 17.2 Å². The van der Waals surface area contributed by atoms with E-state index in [1.54, 1.807) is 18.1 Å². The zero-order valence-corrected chi connectivity index (χ0v) is 11.6. The summed E-state index contributed by atoms with van der Waals surface area (Å²) in [6, 6.07) is 3.43. The van der Waals surface area contributed by atoms with E-state index in [4.69, 9.17) is 0 Å². The molecule has 1 aromatic heterocycles. The molecule has 0 aromatic carbocycles. The highest BCUT2D eigenvalue weighted by Crippen LogP contribution is 2.28. The molecule has 0 amide bonds. The first kappa shape index (κ1) is 12.2. The minimum atomic E-state index is 0.578. The molecular weight excluding hydrogens is 244 g/mol. The molecule has 2 unspecified atom stereocenters. The normalized spacial score (nSPS) is 28.1. The Hall–Kier alpha value is -0.810. The summed E-state index contributed by atoms with van der Waals surface area (Å²) in [5.74, 6) is 0.978. The second kappa shape index (κ2) is 5.45. The summed E-state index contributed by atoms with van der Waals surface area (Å²) in [4.78, 5) is 11.2. The molecule has 3 rings (SSSR count). The highest BCUT2D eigenvalue weighted by molar-refractivity contribution is 7.98. The van der Waals surface area contributed by atoms with Crippen molar-refractivity contribution in [3.8, 4) is 0 Å². The molecule has 2 fully saturated rings. The van der Waals surface area contributed by atoms with E-state index in [1.807, 2.05) is 12.3 Å². The van der Waals surface area contributed by atoms with Crippen molar-refractivity contribution in [3.05, 3.63) is 12.4 Å². The highest BCUT2D eigenvalue weighted by Gasteiger charge is 2.31. The number of thioether (sulfide) groups is 1. The summed E-state index contributed by atoms with van der Waals surface area (Å²) in [5.41, 5.74) is 0. The first-order chi connectivity index (χ1) is 8.85. The number of aromatic nitrogens is 2. The standard InChI is InChI=1S/C13H20N4S/c1-18-13-8-12(14-9-15-13)16-10-4-6-17-5-2-3-11(17)7-10/h8-11H,2-7H2,1H3,(H,14,15,16). The van der Waals surface area contributed by atoms with Gasteiger partial charge < -0.3 is 10.2 Å². The van der Waals surface area contributed by atoms with Gasteiger partial charge >= 0.3 is 0 Å². The lowest BCUT2D eigenvalue weighted by Crippen LogP contribution is -2.42. The van der Waals surface area contributed by atoms with Gasteiger partial charge in [-0.2, -0.15) is 0 Å². The Morgan fingerprint density at radius 1 is 1.33 bits per heavy atom. The molecule has 2 aliphatic rings. The lowest BCUT2D eigenvalue weighted by Gasteiger charge is -2.35. The van der Waals surface area contributed by atoms with Crippen LogP contribution in [0, 0.1) is 0 Å². The first-order valence-corrected chi connectivity index (χ1v) is 7.94. The summed E-state index contributed by atoms with van der Waals surface area (Å²) in [5, 5.41) is 4.61. The van der Waals surface area contributed by atoms with Crippen molar-refractivity contribution in [1.82, 2.24) is 14.9 Å². The van der Waals surface area contributed by atoms with E-state index in [9.17, 15) is 0 Å². The average molecular weight is 264 g/mol. The van der Waals surface area contributed by atoms with Crippen LogP contribution in [-0.2, 0) is 0 Å². The molecule has 0 spiro atoms. The fourth-order valence-electron chi connectivity index (χ4n) is 3.09. The molecule has 3 heterocycles. The number of hydrogen-bond donors (Lipinski definition) is 1. The van der Waals surface area contributed by atoms with Gasteiger partial charge in [-0.25, -0.2) is 9.97 Å². The van der Waals surface area contributed by atoms with Crippen LogP contribution in [0.15, 0.2) is 17.4 Å². The smallest absolute Gasteiger partial charge is 0.130 e. The number of piperidine rings is 1. The van der Waals surface area contributed by atoms with Gasteiger partial charge in [0.2, 0.25) is 0 Å². The zero-order valence-electron chi connectivity index (χ0n) is 10.8. The Balaban J connectivity index is 1.62. The van der Waals surface area contributed by atoms with Gasteiger partial charge in [-0.15, -0.1) is 11.8 Å². The molecule has 4 nitrogen and oxygen atoms in total. The van der Waals surface area contributed by atoms with Crippen molar-refractivity contribution in [1.29, 1.82) is 0 Å². The van der Waals surface area contributed by atoms with E-state index in [2.05, 4.69) is 20.2 Å². The van der Waals surface area contributed by atoms with Crippen LogP contribution in [0.2, 0.25) is 0 Å². The van der Waals surface area contributed by atoms with Crippen molar-refractivity contribution < 1.29 is 0 Å². The van der Waals surface area contributed by atoms with Crippen molar-refractivity contribution in [2.24, 2.45) is 0 Å². The molecular formula is C13H20N4S. The van der Waals surface area contributed by atoms with E-state index in [0.29, 0.717) is 6.04 Å². The second-order valence-corrected chi connectivity index (χ2v) is 5.97. The van der Waals surface area contributed by atoms with Gasteiger partial charge in [0.15, 0.2) is 0 Å². The summed E-state index contributed by atoms with van der Waals surface area (Å²) >= 11 is 1.66. The number of rotatable bonds is 3. The van der Waals surface area contributed by atoms with Crippen LogP contribution in [0.25, 0.3) is 0 Å². The maximum atomic E-state index is 4.32. The quantitative estimate of drug-likeness (QED) is 0.670. The number of nitrogens with one attached hydrogen (secondary N) is 1. The summed E-state index contributed by atoms with van der Waals surface area (Å²) in [6.45, 7) is 2.55. The Morgan fingerprint density at radius 3 is 3.17 bits per heavy atom. The molecule has 2 aliphatic heterocycles. The molecule has 2 atom stereocenters. The van der Waals surface area contributed by atoms with Crippen LogP contribution in [0.3, 0.4) is 0 Å². The maximum absolute atomic E-state index is 4.32. The van der Waals surface area contributed by atoms with Crippen molar-refractivity contribution in [3.63, 3.8) is 0 Å². The van der Waals surface area contributed by atoms with Gasteiger partial charge in [-0.05, 0) is 38.5 Å². The van der Waals surface area contributed by atoms with Gasteiger partial charge in [-0.3, -0.25) is 0 Å².